The molecular formula is C13H32N2O3Si2. The Bertz CT molecular complexity index is 275. The van der Waals surface area contributed by atoms with Crippen molar-refractivity contribution < 1.29 is 13.3 Å². The third-order valence-corrected chi connectivity index (χ3v) is 9.18. The monoisotopic (exact) mass is 320 g/mol. The molecule has 20 heavy (non-hydrogen) atoms. The first-order valence-electron chi connectivity index (χ1n) is 7.54. The predicted molar refractivity (Wildman–Crippen MR) is 87.3 cm³/mol. The van der Waals surface area contributed by atoms with Crippen molar-refractivity contribution in [3.05, 3.63) is 0 Å². The van der Waals surface area contributed by atoms with E-state index in [1.807, 2.05) is 0 Å². The standard InChI is InChI=1S/C13H32N2O3Si2/c1-16-20(17-2,18-3)12-7-9-13-14-10-8-11-15(13)19(4,5)6/h13-14H,7-12H2,1-6H3. The van der Waals surface area contributed by atoms with E-state index in [-0.39, 0.29) is 0 Å². The minimum Gasteiger partial charge on any atom is -0.377 e. The number of nitrogens with zero attached hydrogens (tertiary/aromatic N) is 1. The summed E-state index contributed by atoms with van der Waals surface area (Å²) in [5.74, 6) is 0. The van der Waals surface area contributed by atoms with Gasteiger partial charge >= 0.3 is 8.80 Å². The molecule has 5 nitrogen and oxygen atoms in total. The number of rotatable bonds is 8. The summed E-state index contributed by atoms with van der Waals surface area (Å²) < 4.78 is 19.2. The lowest BCUT2D eigenvalue weighted by atomic mass is 10.2. The molecule has 0 aromatic rings. The fourth-order valence-electron chi connectivity index (χ4n) is 2.91. The second kappa shape index (κ2) is 8.02. The predicted octanol–water partition coefficient (Wildman–Crippen LogP) is 2.10. The van der Waals surface area contributed by atoms with Crippen molar-refractivity contribution in [2.75, 3.05) is 34.4 Å². The average Bonchev–Trinajstić information content (AvgIpc) is 2.43. The SMILES string of the molecule is CO[Si](CCCC1NCCCN1[Si](C)(C)C)(OC)OC. The van der Waals surface area contributed by atoms with Crippen LogP contribution in [0.4, 0.5) is 0 Å². The zero-order valence-electron chi connectivity index (χ0n) is 14.0. The van der Waals surface area contributed by atoms with E-state index in [0.29, 0.717) is 6.17 Å². The summed E-state index contributed by atoms with van der Waals surface area (Å²) in [6.45, 7) is 9.63. The van der Waals surface area contributed by atoms with Crippen LogP contribution in [-0.2, 0) is 13.3 Å². The summed E-state index contributed by atoms with van der Waals surface area (Å²) in [7, 11) is 1.40. The van der Waals surface area contributed by atoms with Crippen molar-refractivity contribution in [3.8, 4) is 0 Å². The van der Waals surface area contributed by atoms with E-state index in [2.05, 4.69) is 29.5 Å². The van der Waals surface area contributed by atoms with Crippen LogP contribution in [0.15, 0.2) is 0 Å². The zero-order valence-corrected chi connectivity index (χ0v) is 16.0. The van der Waals surface area contributed by atoms with Crippen molar-refractivity contribution in [1.82, 2.24) is 9.88 Å². The maximum absolute atomic E-state index is 5.49. The topological polar surface area (TPSA) is 43.0 Å². The van der Waals surface area contributed by atoms with Gasteiger partial charge in [-0.3, -0.25) is 0 Å². The van der Waals surface area contributed by atoms with Crippen molar-refractivity contribution in [1.29, 1.82) is 0 Å². The first-order chi connectivity index (χ1) is 9.38. The lowest BCUT2D eigenvalue weighted by Crippen LogP contribution is -2.60. The third kappa shape index (κ3) is 4.90. The number of nitrogens with one attached hydrogen (secondary N) is 1. The molecule has 1 N–H and O–H groups in total. The first-order valence-corrected chi connectivity index (χ1v) is 12.9. The highest BCUT2D eigenvalue weighted by Crippen LogP contribution is 2.22. The first kappa shape index (κ1) is 18.3. The van der Waals surface area contributed by atoms with E-state index in [1.165, 1.54) is 13.0 Å². The average molecular weight is 321 g/mol. The fourth-order valence-corrected chi connectivity index (χ4v) is 6.65. The second-order valence-electron chi connectivity index (χ2n) is 6.38. The van der Waals surface area contributed by atoms with Crippen LogP contribution in [-0.4, -0.2) is 62.2 Å². The molecule has 1 unspecified atom stereocenters. The Morgan fingerprint density at radius 1 is 1.10 bits per heavy atom. The highest BCUT2D eigenvalue weighted by Gasteiger charge is 2.38. The molecule has 0 radical (unpaired) electrons. The van der Waals surface area contributed by atoms with Crippen LogP contribution in [0.3, 0.4) is 0 Å². The third-order valence-electron chi connectivity index (χ3n) is 4.09. The molecular weight excluding hydrogens is 288 g/mol. The Morgan fingerprint density at radius 2 is 1.70 bits per heavy atom. The number of hydrogen-bond acceptors (Lipinski definition) is 5. The Labute approximate surface area is 126 Å². The molecule has 0 bridgehead atoms. The van der Waals surface area contributed by atoms with Gasteiger partial charge in [-0.15, -0.1) is 0 Å². The Morgan fingerprint density at radius 3 is 2.20 bits per heavy atom. The zero-order chi connectivity index (χ0) is 15.2. The van der Waals surface area contributed by atoms with Crippen LogP contribution in [0.1, 0.15) is 19.3 Å². The normalized spacial score (nSPS) is 22.2. The van der Waals surface area contributed by atoms with Crippen molar-refractivity contribution in [2.24, 2.45) is 0 Å². The van der Waals surface area contributed by atoms with E-state index >= 15 is 0 Å². The van der Waals surface area contributed by atoms with Gasteiger partial charge in [0.15, 0.2) is 0 Å². The molecule has 7 heteroatoms. The van der Waals surface area contributed by atoms with Gasteiger partial charge in [-0.05, 0) is 32.4 Å². The van der Waals surface area contributed by atoms with Crippen LogP contribution < -0.4 is 5.32 Å². The maximum Gasteiger partial charge on any atom is 0.500 e. The highest BCUT2D eigenvalue weighted by molar-refractivity contribution is 6.73. The van der Waals surface area contributed by atoms with Gasteiger partial charge in [-0.2, -0.15) is 0 Å². The van der Waals surface area contributed by atoms with Crippen LogP contribution >= 0.6 is 0 Å². The summed E-state index contributed by atoms with van der Waals surface area (Å²) in [5.41, 5.74) is 0. The molecule has 0 aromatic carbocycles. The van der Waals surface area contributed by atoms with Crippen LogP contribution in [0.2, 0.25) is 25.7 Å². The van der Waals surface area contributed by atoms with Gasteiger partial charge in [0, 0.05) is 27.4 Å². The molecule has 0 aromatic heterocycles. The lowest BCUT2D eigenvalue weighted by Gasteiger charge is -2.44. The van der Waals surface area contributed by atoms with Crippen LogP contribution in [0, 0.1) is 0 Å². The summed E-state index contributed by atoms with van der Waals surface area (Å²) in [6.07, 6.45) is 3.97. The van der Waals surface area contributed by atoms with Crippen LogP contribution in [0.25, 0.3) is 0 Å². The van der Waals surface area contributed by atoms with Crippen molar-refractivity contribution in [2.45, 2.75) is 51.1 Å². The van der Waals surface area contributed by atoms with Gasteiger partial charge in [0.25, 0.3) is 0 Å². The molecule has 1 saturated heterocycles. The van der Waals surface area contributed by atoms with E-state index in [0.717, 1.165) is 25.4 Å². The summed E-state index contributed by atoms with van der Waals surface area (Å²) in [4.78, 5) is 0. The van der Waals surface area contributed by atoms with Gasteiger partial charge in [0.2, 0.25) is 0 Å². The maximum atomic E-state index is 5.49. The fraction of sp³-hybridized carbons (Fsp3) is 1.00. The van der Waals surface area contributed by atoms with E-state index in [1.54, 1.807) is 21.3 Å². The van der Waals surface area contributed by atoms with Gasteiger partial charge in [-0.1, -0.05) is 19.6 Å². The summed E-state index contributed by atoms with van der Waals surface area (Å²) >= 11 is 0. The van der Waals surface area contributed by atoms with Gasteiger partial charge in [0.05, 0.1) is 6.17 Å². The summed E-state index contributed by atoms with van der Waals surface area (Å²) in [6, 6.07) is 0.883. The Hall–Kier alpha value is 0.234. The van der Waals surface area contributed by atoms with E-state index in [4.69, 9.17) is 13.3 Å². The minimum absolute atomic E-state index is 0.507. The molecule has 1 fully saturated rings. The number of hydrogen-bond donors (Lipinski definition) is 1. The van der Waals surface area contributed by atoms with Gasteiger partial charge < -0.3 is 23.2 Å². The largest absolute Gasteiger partial charge is 0.500 e. The van der Waals surface area contributed by atoms with E-state index in [9.17, 15) is 0 Å². The van der Waals surface area contributed by atoms with Gasteiger partial charge in [-0.25, -0.2) is 0 Å². The van der Waals surface area contributed by atoms with Crippen molar-refractivity contribution >= 4 is 17.0 Å². The molecule has 1 rings (SSSR count). The molecule has 1 aliphatic rings. The quantitative estimate of drug-likeness (QED) is 0.694. The minimum atomic E-state index is -2.40. The lowest BCUT2D eigenvalue weighted by molar-refractivity contribution is 0.121. The molecule has 120 valence electrons. The Kier molecular flexibility index (Phi) is 7.33. The molecule has 1 atom stereocenters. The molecule has 1 heterocycles. The van der Waals surface area contributed by atoms with Crippen LogP contribution in [0.5, 0.6) is 0 Å². The summed E-state index contributed by atoms with van der Waals surface area (Å²) in [5, 5.41) is 3.67. The molecule has 1 aliphatic heterocycles. The Balaban J connectivity index is 2.50. The van der Waals surface area contributed by atoms with Gasteiger partial charge in [0.1, 0.15) is 8.24 Å². The second-order valence-corrected chi connectivity index (χ2v) is 14.4. The van der Waals surface area contributed by atoms with E-state index < -0.39 is 17.0 Å². The molecule has 0 amide bonds. The smallest absolute Gasteiger partial charge is 0.377 e. The highest BCUT2D eigenvalue weighted by atomic mass is 28.4. The molecule has 0 spiro atoms. The van der Waals surface area contributed by atoms with Crippen molar-refractivity contribution in [3.63, 3.8) is 0 Å². The molecule has 0 aliphatic carbocycles. The molecule has 0 saturated carbocycles.